The molecule has 15 heavy (non-hydrogen) atoms. The number of carbonyl (C=O) groups excluding carboxylic acids is 1. The Hall–Kier alpha value is -0.250. The highest BCUT2D eigenvalue weighted by molar-refractivity contribution is 9.08. The number of ether oxygens (including phenoxy) is 1. The second kappa shape index (κ2) is 5.73. The van der Waals surface area contributed by atoms with E-state index in [2.05, 4.69) is 15.9 Å². The van der Waals surface area contributed by atoms with Gasteiger partial charge in [-0.05, 0) is 24.6 Å². The first-order chi connectivity index (χ1) is 7.10. The third-order valence-corrected chi connectivity index (χ3v) is 2.98. The molecule has 0 heterocycles. The topological polar surface area (TPSA) is 26.3 Å². The monoisotopic (exact) mass is 310 g/mol. The Bertz CT molecular complexity index is 357. The van der Waals surface area contributed by atoms with Crippen molar-refractivity contribution in [3.8, 4) is 0 Å². The number of rotatable bonds is 3. The highest BCUT2D eigenvalue weighted by Gasteiger charge is 2.16. The van der Waals surface area contributed by atoms with E-state index in [-0.39, 0.29) is 5.56 Å². The minimum absolute atomic E-state index is 0.227. The number of hydrogen-bond acceptors (Lipinski definition) is 2. The van der Waals surface area contributed by atoms with Crippen molar-refractivity contribution in [2.24, 2.45) is 0 Å². The fourth-order valence-corrected chi connectivity index (χ4v) is 2.11. The number of alkyl halides is 1. The number of esters is 1. The average molecular weight is 312 g/mol. The predicted molar refractivity (Wildman–Crippen MR) is 65.0 cm³/mol. The van der Waals surface area contributed by atoms with Crippen molar-refractivity contribution in [1.29, 1.82) is 0 Å². The highest BCUT2D eigenvalue weighted by atomic mass is 79.9. The first-order valence-electron chi connectivity index (χ1n) is 4.31. The van der Waals surface area contributed by atoms with Gasteiger partial charge >= 0.3 is 5.97 Å². The van der Waals surface area contributed by atoms with Crippen molar-refractivity contribution in [2.75, 3.05) is 6.61 Å². The Balaban J connectivity index is 3.13. The summed E-state index contributed by atoms with van der Waals surface area (Å²) in [5, 5.41) is 1.26. The summed E-state index contributed by atoms with van der Waals surface area (Å²) in [5.41, 5.74) is 1.14. The van der Waals surface area contributed by atoms with Crippen molar-refractivity contribution < 1.29 is 9.53 Å². The number of carbonyl (C=O) groups is 1. The maximum absolute atomic E-state index is 11.5. The molecular weight excluding hydrogens is 303 g/mol. The Morgan fingerprint density at radius 1 is 1.40 bits per heavy atom. The summed E-state index contributed by atoms with van der Waals surface area (Å²) in [5.74, 6) is -0.492. The van der Waals surface area contributed by atoms with Gasteiger partial charge in [-0.15, -0.1) is 0 Å². The zero-order chi connectivity index (χ0) is 11.4. The molecule has 5 heteroatoms. The van der Waals surface area contributed by atoms with E-state index in [4.69, 9.17) is 27.9 Å². The van der Waals surface area contributed by atoms with Gasteiger partial charge in [-0.25, -0.2) is 4.79 Å². The largest absolute Gasteiger partial charge is 0.462 e. The molecule has 0 radical (unpaired) electrons. The van der Waals surface area contributed by atoms with Gasteiger partial charge in [0, 0.05) is 5.33 Å². The van der Waals surface area contributed by atoms with Gasteiger partial charge < -0.3 is 4.74 Å². The molecule has 0 N–H and O–H groups in total. The molecular formula is C10H9BrCl2O2. The van der Waals surface area contributed by atoms with Crippen LogP contribution < -0.4 is 0 Å². The summed E-state index contributed by atoms with van der Waals surface area (Å²) in [6, 6.07) is 3.38. The molecule has 0 aliphatic carbocycles. The van der Waals surface area contributed by atoms with Crippen LogP contribution in [0.5, 0.6) is 0 Å². The molecule has 0 aromatic heterocycles. The van der Waals surface area contributed by atoms with Gasteiger partial charge in [-0.1, -0.05) is 39.1 Å². The maximum atomic E-state index is 11.5. The zero-order valence-corrected chi connectivity index (χ0v) is 11.1. The van der Waals surface area contributed by atoms with Crippen LogP contribution in [0.4, 0.5) is 0 Å². The number of halogens is 3. The predicted octanol–water partition coefficient (Wildman–Crippen LogP) is 4.07. The van der Waals surface area contributed by atoms with Crippen molar-refractivity contribution in [2.45, 2.75) is 12.3 Å². The van der Waals surface area contributed by atoms with Crippen LogP contribution in [0.2, 0.25) is 10.0 Å². The third-order valence-electron chi connectivity index (χ3n) is 1.74. The first-order valence-corrected chi connectivity index (χ1v) is 6.18. The molecule has 0 saturated carbocycles. The SMILES string of the molecule is CCOC(=O)c1c(Cl)cc(CBr)cc1Cl. The molecule has 0 atom stereocenters. The number of benzene rings is 1. The summed E-state index contributed by atoms with van der Waals surface area (Å²) in [6.07, 6.45) is 0. The molecule has 0 aliphatic heterocycles. The molecule has 0 amide bonds. The van der Waals surface area contributed by atoms with E-state index in [0.29, 0.717) is 22.0 Å². The molecule has 0 unspecified atom stereocenters. The molecule has 0 fully saturated rings. The quantitative estimate of drug-likeness (QED) is 0.621. The minimum Gasteiger partial charge on any atom is -0.462 e. The smallest absolute Gasteiger partial charge is 0.341 e. The van der Waals surface area contributed by atoms with E-state index in [0.717, 1.165) is 5.56 Å². The molecule has 1 rings (SSSR count). The van der Waals surface area contributed by atoms with E-state index in [1.807, 2.05) is 0 Å². The molecule has 0 aliphatic rings. The lowest BCUT2D eigenvalue weighted by Gasteiger charge is -2.07. The van der Waals surface area contributed by atoms with Gasteiger partial charge in [0.05, 0.1) is 22.2 Å². The molecule has 82 valence electrons. The Morgan fingerprint density at radius 2 is 1.93 bits per heavy atom. The Labute approximate surface area is 107 Å². The van der Waals surface area contributed by atoms with E-state index >= 15 is 0 Å². The van der Waals surface area contributed by atoms with Crippen LogP contribution in [-0.4, -0.2) is 12.6 Å². The summed E-state index contributed by atoms with van der Waals surface area (Å²) in [6.45, 7) is 2.03. The van der Waals surface area contributed by atoms with E-state index in [1.165, 1.54) is 0 Å². The van der Waals surface area contributed by atoms with Crippen LogP contribution in [0, 0.1) is 0 Å². The van der Waals surface area contributed by atoms with Crippen LogP contribution in [0.3, 0.4) is 0 Å². The molecule has 1 aromatic rings. The van der Waals surface area contributed by atoms with Gasteiger partial charge in [-0.2, -0.15) is 0 Å². The van der Waals surface area contributed by atoms with Crippen molar-refractivity contribution in [3.05, 3.63) is 33.3 Å². The van der Waals surface area contributed by atoms with E-state index < -0.39 is 5.97 Å². The second-order valence-corrected chi connectivity index (χ2v) is 4.16. The third kappa shape index (κ3) is 3.10. The summed E-state index contributed by atoms with van der Waals surface area (Å²) in [7, 11) is 0. The van der Waals surface area contributed by atoms with Crippen LogP contribution in [0.25, 0.3) is 0 Å². The lowest BCUT2D eigenvalue weighted by atomic mass is 10.1. The maximum Gasteiger partial charge on any atom is 0.341 e. The average Bonchev–Trinajstić information content (AvgIpc) is 2.16. The van der Waals surface area contributed by atoms with Gasteiger partial charge in [0.25, 0.3) is 0 Å². The summed E-state index contributed by atoms with van der Waals surface area (Å²) < 4.78 is 4.84. The van der Waals surface area contributed by atoms with Crippen molar-refractivity contribution in [3.63, 3.8) is 0 Å². The molecule has 1 aromatic carbocycles. The van der Waals surface area contributed by atoms with E-state index in [9.17, 15) is 4.79 Å². The fraction of sp³-hybridized carbons (Fsp3) is 0.300. The van der Waals surface area contributed by atoms with Crippen LogP contribution in [0.15, 0.2) is 12.1 Å². The Kier molecular flexibility index (Phi) is 4.90. The molecule has 2 nitrogen and oxygen atoms in total. The summed E-state index contributed by atoms with van der Waals surface area (Å²) in [4.78, 5) is 11.5. The lowest BCUT2D eigenvalue weighted by Crippen LogP contribution is -2.06. The lowest BCUT2D eigenvalue weighted by molar-refractivity contribution is 0.0527. The van der Waals surface area contributed by atoms with Gasteiger partial charge in [-0.3, -0.25) is 0 Å². The summed E-state index contributed by atoms with van der Waals surface area (Å²) >= 11 is 15.2. The highest BCUT2D eigenvalue weighted by Crippen LogP contribution is 2.28. The van der Waals surface area contributed by atoms with E-state index in [1.54, 1.807) is 19.1 Å². The van der Waals surface area contributed by atoms with Crippen LogP contribution in [-0.2, 0) is 10.1 Å². The first kappa shape index (κ1) is 12.8. The Morgan fingerprint density at radius 3 is 2.33 bits per heavy atom. The van der Waals surface area contributed by atoms with Crippen molar-refractivity contribution in [1.82, 2.24) is 0 Å². The van der Waals surface area contributed by atoms with Crippen LogP contribution in [0.1, 0.15) is 22.8 Å². The normalized spacial score (nSPS) is 10.1. The number of hydrogen-bond donors (Lipinski definition) is 0. The zero-order valence-electron chi connectivity index (χ0n) is 8.02. The molecule has 0 saturated heterocycles. The standard InChI is InChI=1S/C10H9BrCl2O2/c1-2-15-10(14)9-7(12)3-6(5-11)4-8(9)13/h3-4H,2,5H2,1H3. The minimum atomic E-state index is -0.492. The van der Waals surface area contributed by atoms with Crippen LogP contribution >= 0.6 is 39.1 Å². The van der Waals surface area contributed by atoms with Gasteiger partial charge in [0.1, 0.15) is 0 Å². The second-order valence-electron chi connectivity index (χ2n) is 2.79. The fourth-order valence-electron chi connectivity index (χ4n) is 1.10. The van der Waals surface area contributed by atoms with Crippen molar-refractivity contribution >= 4 is 45.1 Å². The molecule has 0 bridgehead atoms. The molecule has 0 spiro atoms. The van der Waals surface area contributed by atoms with Gasteiger partial charge in [0.2, 0.25) is 0 Å². The van der Waals surface area contributed by atoms with Gasteiger partial charge in [0.15, 0.2) is 0 Å².